The quantitative estimate of drug-likeness (QED) is 0.162. The van der Waals surface area contributed by atoms with Gasteiger partial charge in [0, 0.05) is 0 Å². The minimum Gasteiger partial charge on any atom is -0.493 e. The second-order valence-electron chi connectivity index (χ2n) is 7.93. The van der Waals surface area contributed by atoms with Crippen LogP contribution >= 0.6 is 0 Å². The van der Waals surface area contributed by atoms with E-state index in [1.165, 1.54) is 21.1 Å². The van der Waals surface area contributed by atoms with Crippen molar-refractivity contribution < 1.29 is 28.6 Å². The number of rotatable bonds is 7. The molecule has 0 fully saturated rings. The van der Waals surface area contributed by atoms with Crippen LogP contribution in [-0.4, -0.2) is 42.9 Å². The maximum absolute atomic E-state index is 12.7. The fraction of sp³-hybridized carbons (Fsp3) is 0.143. The number of amides is 2. The number of nitrogens with zero attached hydrogens (tertiary/aromatic N) is 2. The molecule has 8 heteroatoms. The topological polar surface area (TPSA) is 106 Å². The van der Waals surface area contributed by atoms with E-state index in [0.29, 0.717) is 28.2 Å². The summed E-state index contributed by atoms with van der Waals surface area (Å²) in [4.78, 5) is 38.9. The van der Waals surface area contributed by atoms with Gasteiger partial charge in [-0.15, -0.1) is 0 Å². The molecule has 1 aliphatic rings. The summed E-state index contributed by atoms with van der Waals surface area (Å²) < 4.78 is 16.0. The number of imide groups is 1. The van der Waals surface area contributed by atoms with E-state index in [2.05, 4.69) is 6.07 Å². The van der Waals surface area contributed by atoms with Gasteiger partial charge in [-0.05, 0) is 66.6 Å². The lowest BCUT2D eigenvalue weighted by molar-refractivity contribution is -0.138. The first kappa shape index (κ1) is 24.2. The largest absolute Gasteiger partial charge is 0.493 e. The maximum atomic E-state index is 12.7. The number of esters is 1. The Morgan fingerprint density at radius 3 is 2.08 bits per heavy atom. The minimum atomic E-state index is -1.10. The third-order valence-corrected chi connectivity index (χ3v) is 5.78. The van der Waals surface area contributed by atoms with E-state index in [1.54, 1.807) is 72.8 Å². The van der Waals surface area contributed by atoms with Gasteiger partial charge in [-0.2, -0.15) is 5.26 Å². The number of hydrogen-bond acceptors (Lipinski definition) is 7. The molecule has 0 saturated heterocycles. The lowest BCUT2D eigenvalue weighted by Gasteiger charge is -2.20. The van der Waals surface area contributed by atoms with Crippen molar-refractivity contribution in [3.05, 3.63) is 89.0 Å². The normalized spacial score (nSPS) is 13.6. The van der Waals surface area contributed by atoms with Gasteiger partial charge in [-0.25, -0.2) is 4.79 Å². The summed E-state index contributed by atoms with van der Waals surface area (Å²) in [6.07, 6.45) is 1.69. The summed E-state index contributed by atoms with van der Waals surface area (Å²) in [5, 5.41) is 9.66. The molecular formula is C28H22N2O6. The number of fused-ring (bicyclic) bond motifs is 1. The highest BCUT2D eigenvalue weighted by Gasteiger charge is 2.41. The van der Waals surface area contributed by atoms with E-state index in [1.807, 2.05) is 0 Å². The molecule has 3 aromatic carbocycles. The zero-order chi connectivity index (χ0) is 25.8. The van der Waals surface area contributed by atoms with Crippen LogP contribution in [0.3, 0.4) is 0 Å². The van der Waals surface area contributed by atoms with Gasteiger partial charge in [0.2, 0.25) is 0 Å². The van der Waals surface area contributed by atoms with Crippen LogP contribution in [-0.2, 0) is 4.79 Å². The Labute approximate surface area is 207 Å². The predicted molar refractivity (Wildman–Crippen MR) is 132 cm³/mol. The van der Waals surface area contributed by atoms with E-state index in [-0.39, 0.29) is 16.9 Å². The van der Waals surface area contributed by atoms with Crippen molar-refractivity contribution in [1.29, 1.82) is 5.26 Å². The highest BCUT2D eigenvalue weighted by molar-refractivity contribution is 6.22. The summed E-state index contributed by atoms with van der Waals surface area (Å²) in [6.45, 7) is 1.45. The third kappa shape index (κ3) is 4.55. The lowest BCUT2D eigenvalue weighted by atomic mass is 10.0. The molecule has 1 unspecified atom stereocenters. The Hall–Kier alpha value is -4.90. The minimum absolute atomic E-state index is 0.241. The number of hydrogen-bond donors (Lipinski definition) is 0. The van der Waals surface area contributed by atoms with E-state index >= 15 is 0 Å². The van der Waals surface area contributed by atoms with Crippen molar-refractivity contribution in [2.75, 3.05) is 14.2 Å². The molecule has 0 spiro atoms. The highest BCUT2D eigenvalue weighted by Crippen LogP contribution is 2.31. The van der Waals surface area contributed by atoms with Gasteiger partial charge in [0.25, 0.3) is 11.8 Å². The number of allylic oxidation sites excluding steroid dienone is 1. The van der Waals surface area contributed by atoms with E-state index in [4.69, 9.17) is 14.2 Å². The van der Waals surface area contributed by atoms with Gasteiger partial charge in [-0.1, -0.05) is 24.3 Å². The van der Waals surface area contributed by atoms with Gasteiger partial charge in [0.15, 0.2) is 11.5 Å². The van der Waals surface area contributed by atoms with Crippen LogP contribution in [0.2, 0.25) is 0 Å². The molecule has 0 bridgehead atoms. The number of carbonyl (C=O) groups is 3. The van der Waals surface area contributed by atoms with Crippen LogP contribution in [0, 0.1) is 11.3 Å². The fourth-order valence-corrected chi connectivity index (χ4v) is 3.85. The summed E-state index contributed by atoms with van der Waals surface area (Å²) in [5.41, 5.74) is 2.29. The number of nitriles is 1. The lowest BCUT2D eigenvalue weighted by Crippen LogP contribution is -2.44. The molecule has 2 amide bonds. The summed E-state index contributed by atoms with van der Waals surface area (Å²) in [7, 11) is 3.06. The first-order valence-electron chi connectivity index (χ1n) is 11.0. The molecule has 0 radical (unpaired) electrons. The molecule has 4 rings (SSSR count). The monoisotopic (exact) mass is 482 g/mol. The molecule has 0 saturated carbocycles. The van der Waals surface area contributed by atoms with Crippen molar-refractivity contribution in [3.63, 3.8) is 0 Å². The highest BCUT2D eigenvalue weighted by atomic mass is 16.5. The molecule has 1 heterocycles. The van der Waals surface area contributed by atoms with E-state index in [9.17, 15) is 19.6 Å². The number of ether oxygens (including phenoxy) is 3. The second kappa shape index (κ2) is 10.2. The Bertz CT molecular complexity index is 1380. The summed E-state index contributed by atoms with van der Waals surface area (Å²) in [5.74, 6) is -0.494. The number of benzene rings is 3. The molecule has 1 aliphatic heterocycles. The molecule has 1 atom stereocenters. The molecule has 0 N–H and O–H groups in total. The maximum Gasteiger partial charge on any atom is 0.334 e. The van der Waals surface area contributed by atoms with Crippen LogP contribution in [0.1, 0.15) is 38.8 Å². The second-order valence-corrected chi connectivity index (χ2v) is 7.93. The molecule has 0 aromatic heterocycles. The van der Waals surface area contributed by atoms with E-state index in [0.717, 1.165) is 4.90 Å². The average Bonchev–Trinajstić information content (AvgIpc) is 3.16. The van der Waals surface area contributed by atoms with Crippen LogP contribution in [0.4, 0.5) is 0 Å². The zero-order valence-corrected chi connectivity index (χ0v) is 19.8. The predicted octanol–water partition coefficient (Wildman–Crippen LogP) is 4.36. The average molecular weight is 482 g/mol. The van der Waals surface area contributed by atoms with Crippen LogP contribution in [0.5, 0.6) is 17.2 Å². The fourth-order valence-electron chi connectivity index (χ4n) is 3.85. The molecule has 0 aliphatic carbocycles. The Kier molecular flexibility index (Phi) is 6.84. The van der Waals surface area contributed by atoms with Gasteiger partial charge in [-0.3, -0.25) is 14.5 Å². The standard InChI is InChI=1S/C28H22N2O6/c1-17(30-26(31)22-6-4-5-7-23(22)27(30)32)28(33)36-21-11-8-18(9-12-21)14-20(16-29)19-10-13-24(34-2)25(15-19)35-3/h4-15,17H,1-3H3/b20-14-. The van der Waals surface area contributed by atoms with Crippen molar-refractivity contribution in [3.8, 4) is 23.3 Å². The summed E-state index contributed by atoms with van der Waals surface area (Å²) >= 11 is 0. The first-order valence-corrected chi connectivity index (χ1v) is 11.0. The summed E-state index contributed by atoms with van der Waals surface area (Å²) in [6, 6.07) is 19.2. The van der Waals surface area contributed by atoms with Gasteiger partial charge in [0.05, 0.1) is 37.0 Å². The van der Waals surface area contributed by atoms with Crippen LogP contribution in [0.15, 0.2) is 66.7 Å². The Balaban J connectivity index is 1.47. The van der Waals surface area contributed by atoms with E-state index < -0.39 is 23.8 Å². The SMILES string of the molecule is COc1ccc(/C(C#N)=C\c2ccc(OC(=O)C(C)N3C(=O)c4ccccc4C3=O)cc2)cc1OC. The number of methoxy groups -OCH3 is 2. The van der Waals surface area contributed by atoms with Crippen molar-refractivity contribution in [1.82, 2.24) is 4.90 Å². The molecule has 8 nitrogen and oxygen atoms in total. The first-order chi connectivity index (χ1) is 17.4. The van der Waals surface area contributed by atoms with Gasteiger partial charge >= 0.3 is 5.97 Å². The van der Waals surface area contributed by atoms with Crippen molar-refractivity contribution in [2.45, 2.75) is 13.0 Å². The van der Waals surface area contributed by atoms with Crippen molar-refractivity contribution in [2.24, 2.45) is 0 Å². The zero-order valence-electron chi connectivity index (χ0n) is 19.8. The smallest absolute Gasteiger partial charge is 0.334 e. The molecule has 3 aromatic rings. The Morgan fingerprint density at radius 2 is 1.53 bits per heavy atom. The number of carbonyl (C=O) groups excluding carboxylic acids is 3. The van der Waals surface area contributed by atoms with Gasteiger partial charge in [0.1, 0.15) is 11.8 Å². The molecule has 180 valence electrons. The Morgan fingerprint density at radius 1 is 0.917 bits per heavy atom. The van der Waals surface area contributed by atoms with Gasteiger partial charge < -0.3 is 14.2 Å². The van der Waals surface area contributed by atoms with Crippen molar-refractivity contribution >= 4 is 29.4 Å². The van der Waals surface area contributed by atoms with Crippen LogP contribution in [0.25, 0.3) is 11.6 Å². The molecular weight excluding hydrogens is 460 g/mol. The molecule has 36 heavy (non-hydrogen) atoms. The third-order valence-electron chi connectivity index (χ3n) is 5.78. The van der Waals surface area contributed by atoms with Crippen LogP contribution < -0.4 is 14.2 Å².